The van der Waals surface area contributed by atoms with Gasteiger partial charge in [0.15, 0.2) is 0 Å². The minimum absolute atomic E-state index is 0.00971. The standard InChI is InChI=1S/C19H19N3O2/c23-13-19(9-4-10-19)21-18(24)15-7-8-17-20-16(12-22(17)11-15)14-5-2-1-3-6-14/h1-3,5-8,11-12,23H,4,9-10,13H2,(H,21,24). The number of carbonyl (C=O) groups excluding carboxylic acids is 1. The Balaban J connectivity index is 1.62. The minimum Gasteiger partial charge on any atom is -0.394 e. The predicted octanol–water partition coefficient (Wildman–Crippen LogP) is 2.65. The van der Waals surface area contributed by atoms with Gasteiger partial charge in [-0.25, -0.2) is 4.98 Å². The van der Waals surface area contributed by atoms with E-state index in [9.17, 15) is 9.90 Å². The van der Waals surface area contributed by atoms with Crippen LogP contribution in [0.15, 0.2) is 54.9 Å². The molecule has 2 N–H and O–H groups in total. The summed E-state index contributed by atoms with van der Waals surface area (Å²) >= 11 is 0. The van der Waals surface area contributed by atoms with E-state index in [1.54, 1.807) is 12.3 Å². The lowest BCUT2D eigenvalue weighted by molar-refractivity contribution is 0.0641. The molecular formula is C19H19N3O2. The average Bonchev–Trinajstić information content (AvgIpc) is 3.02. The fourth-order valence-corrected chi connectivity index (χ4v) is 3.11. The molecule has 4 rings (SSSR count). The van der Waals surface area contributed by atoms with Crippen LogP contribution in [0.25, 0.3) is 16.9 Å². The number of nitrogens with zero attached hydrogens (tertiary/aromatic N) is 2. The number of hydrogen-bond acceptors (Lipinski definition) is 3. The first kappa shape index (κ1) is 14.9. The zero-order chi connectivity index (χ0) is 16.6. The van der Waals surface area contributed by atoms with E-state index in [1.165, 1.54) is 0 Å². The number of carbonyl (C=O) groups is 1. The van der Waals surface area contributed by atoms with Crippen molar-refractivity contribution in [2.24, 2.45) is 0 Å². The van der Waals surface area contributed by atoms with Gasteiger partial charge in [0.05, 0.1) is 23.4 Å². The topological polar surface area (TPSA) is 66.6 Å². The number of fused-ring (bicyclic) bond motifs is 1. The summed E-state index contributed by atoms with van der Waals surface area (Å²) in [5.41, 5.74) is 2.85. The van der Waals surface area contributed by atoms with Crippen LogP contribution in [-0.2, 0) is 0 Å². The lowest BCUT2D eigenvalue weighted by atomic mass is 9.77. The van der Waals surface area contributed by atoms with Crippen LogP contribution < -0.4 is 5.32 Å². The van der Waals surface area contributed by atoms with E-state index in [1.807, 2.05) is 47.0 Å². The Morgan fingerprint density at radius 1 is 1.17 bits per heavy atom. The van der Waals surface area contributed by atoms with Gasteiger partial charge in [0.25, 0.3) is 5.91 Å². The van der Waals surface area contributed by atoms with Gasteiger partial charge in [-0.3, -0.25) is 4.79 Å². The summed E-state index contributed by atoms with van der Waals surface area (Å²) in [6.45, 7) is -0.00971. The van der Waals surface area contributed by atoms with E-state index in [2.05, 4.69) is 10.3 Å². The van der Waals surface area contributed by atoms with Crippen LogP contribution in [0.5, 0.6) is 0 Å². The van der Waals surface area contributed by atoms with Crippen LogP contribution in [0.1, 0.15) is 29.6 Å². The second-order valence-corrected chi connectivity index (χ2v) is 6.42. The number of pyridine rings is 1. The predicted molar refractivity (Wildman–Crippen MR) is 91.8 cm³/mol. The Hall–Kier alpha value is -2.66. The third kappa shape index (κ3) is 2.57. The maximum atomic E-state index is 12.5. The van der Waals surface area contributed by atoms with Gasteiger partial charge in [-0.15, -0.1) is 0 Å². The van der Waals surface area contributed by atoms with Crippen molar-refractivity contribution in [1.82, 2.24) is 14.7 Å². The third-order valence-electron chi connectivity index (χ3n) is 4.77. The second kappa shape index (κ2) is 5.76. The molecule has 5 nitrogen and oxygen atoms in total. The molecule has 1 fully saturated rings. The van der Waals surface area contributed by atoms with Gasteiger partial charge >= 0.3 is 0 Å². The zero-order valence-corrected chi connectivity index (χ0v) is 13.3. The van der Waals surface area contributed by atoms with Crippen LogP contribution >= 0.6 is 0 Å². The molecule has 5 heteroatoms. The van der Waals surface area contributed by atoms with Gasteiger partial charge in [-0.1, -0.05) is 30.3 Å². The van der Waals surface area contributed by atoms with Crippen molar-refractivity contribution in [3.05, 3.63) is 60.4 Å². The fraction of sp³-hybridized carbons (Fsp3) is 0.263. The van der Waals surface area contributed by atoms with E-state index in [-0.39, 0.29) is 12.5 Å². The molecule has 0 radical (unpaired) electrons. The number of rotatable bonds is 4. The SMILES string of the molecule is O=C(NC1(CO)CCC1)c1ccc2nc(-c3ccccc3)cn2c1. The zero-order valence-electron chi connectivity index (χ0n) is 13.3. The van der Waals surface area contributed by atoms with Crippen molar-refractivity contribution < 1.29 is 9.90 Å². The minimum atomic E-state index is -0.434. The highest BCUT2D eigenvalue weighted by molar-refractivity contribution is 5.94. The Morgan fingerprint density at radius 2 is 1.96 bits per heavy atom. The molecular weight excluding hydrogens is 302 g/mol. The number of aliphatic hydroxyl groups excluding tert-OH is 1. The monoisotopic (exact) mass is 321 g/mol. The number of aromatic nitrogens is 2. The van der Waals surface area contributed by atoms with Gasteiger partial charge in [0.1, 0.15) is 5.65 Å². The summed E-state index contributed by atoms with van der Waals surface area (Å²) < 4.78 is 1.86. The molecule has 0 spiro atoms. The highest BCUT2D eigenvalue weighted by Gasteiger charge is 2.37. The Kier molecular flexibility index (Phi) is 3.58. The van der Waals surface area contributed by atoms with Crippen molar-refractivity contribution in [3.8, 4) is 11.3 Å². The first-order valence-corrected chi connectivity index (χ1v) is 8.17. The summed E-state index contributed by atoms with van der Waals surface area (Å²) in [6.07, 6.45) is 6.42. The van der Waals surface area contributed by atoms with Gasteiger partial charge < -0.3 is 14.8 Å². The summed E-state index contributed by atoms with van der Waals surface area (Å²) in [5, 5.41) is 12.5. The van der Waals surface area contributed by atoms with Crippen molar-refractivity contribution in [1.29, 1.82) is 0 Å². The molecule has 24 heavy (non-hydrogen) atoms. The molecule has 1 saturated carbocycles. The maximum absolute atomic E-state index is 12.5. The molecule has 122 valence electrons. The van der Waals surface area contributed by atoms with E-state index < -0.39 is 5.54 Å². The Bertz CT molecular complexity index is 877. The first-order valence-electron chi connectivity index (χ1n) is 8.17. The first-order chi connectivity index (χ1) is 11.7. The van der Waals surface area contributed by atoms with Crippen molar-refractivity contribution in [2.75, 3.05) is 6.61 Å². The molecule has 3 aromatic rings. The molecule has 1 aromatic carbocycles. The molecule has 2 heterocycles. The molecule has 0 aliphatic heterocycles. The normalized spacial score (nSPS) is 15.9. The van der Waals surface area contributed by atoms with Crippen LogP contribution in [0.3, 0.4) is 0 Å². The molecule has 0 atom stereocenters. The van der Waals surface area contributed by atoms with Crippen LogP contribution in [0.4, 0.5) is 0 Å². The Labute approximate surface area is 140 Å². The van der Waals surface area contributed by atoms with Crippen LogP contribution in [0.2, 0.25) is 0 Å². The van der Waals surface area contributed by atoms with Gasteiger partial charge in [-0.2, -0.15) is 0 Å². The van der Waals surface area contributed by atoms with Crippen molar-refractivity contribution in [3.63, 3.8) is 0 Å². The number of amides is 1. The molecule has 1 aliphatic rings. The fourth-order valence-electron chi connectivity index (χ4n) is 3.11. The van der Waals surface area contributed by atoms with Crippen LogP contribution in [0, 0.1) is 0 Å². The number of imidazole rings is 1. The second-order valence-electron chi connectivity index (χ2n) is 6.42. The maximum Gasteiger partial charge on any atom is 0.253 e. The van der Waals surface area contributed by atoms with Gasteiger partial charge in [-0.05, 0) is 31.4 Å². The highest BCUT2D eigenvalue weighted by Crippen LogP contribution is 2.31. The summed E-state index contributed by atoms with van der Waals surface area (Å²) in [6, 6.07) is 13.6. The number of benzene rings is 1. The lowest BCUT2D eigenvalue weighted by Gasteiger charge is -2.40. The smallest absolute Gasteiger partial charge is 0.253 e. The number of aliphatic hydroxyl groups is 1. The van der Waals surface area contributed by atoms with E-state index in [4.69, 9.17) is 0 Å². The number of nitrogens with one attached hydrogen (secondary N) is 1. The van der Waals surface area contributed by atoms with E-state index in [0.29, 0.717) is 5.56 Å². The van der Waals surface area contributed by atoms with Gasteiger partial charge in [0.2, 0.25) is 0 Å². The van der Waals surface area contributed by atoms with Crippen molar-refractivity contribution >= 4 is 11.6 Å². The number of hydrogen-bond donors (Lipinski definition) is 2. The average molecular weight is 321 g/mol. The van der Waals surface area contributed by atoms with E-state index >= 15 is 0 Å². The summed E-state index contributed by atoms with van der Waals surface area (Å²) in [7, 11) is 0. The summed E-state index contributed by atoms with van der Waals surface area (Å²) in [5.74, 6) is -0.152. The quantitative estimate of drug-likeness (QED) is 0.776. The summed E-state index contributed by atoms with van der Waals surface area (Å²) in [4.78, 5) is 17.1. The highest BCUT2D eigenvalue weighted by atomic mass is 16.3. The molecule has 0 bridgehead atoms. The molecule has 0 saturated heterocycles. The lowest BCUT2D eigenvalue weighted by Crippen LogP contribution is -2.56. The van der Waals surface area contributed by atoms with Gasteiger partial charge in [0, 0.05) is 18.0 Å². The third-order valence-corrected chi connectivity index (χ3v) is 4.77. The van der Waals surface area contributed by atoms with Crippen LogP contribution in [-0.4, -0.2) is 32.5 Å². The Morgan fingerprint density at radius 3 is 2.62 bits per heavy atom. The van der Waals surface area contributed by atoms with E-state index in [0.717, 1.165) is 36.2 Å². The largest absolute Gasteiger partial charge is 0.394 e. The van der Waals surface area contributed by atoms with Crippen molar-refractivity contribution in [2.45, 2.75) is 24.8 Å². The molecule has 0 unspecified atom stereocenters. The molecule has 2 aromatic heterocycles. The molecule has 1 aliphatic carbocycles. The molecule has 1 amide bonds.